The van der Waals surface area contributed by atoms with Crippen LogP contribution in [0.15, 0.2) is 48.5 Å². The minimum atomic E-state index is -0.325. The van der Waals surface area contributed by atoms with E-state index in [9.17, 15) is 14.4 Å². The predicted octanol–water partition coefficient (Wildman–Crippen LogP) is 4.78. The molecule has 1 aliphatic heterocycles. The van der Waals surface area contributed by atoms with Gasteiger partial charge < -0.3 is 5.32 Å². The van der Waals surface area contributed by atoms with Crippen LogP contribution in [0.2, 0.25) is 0 Å². The minimum absolute atomic E-state index is 0.137. The van der Waals surface area contributed by atoms with Gasteiger partial charge >= 0.3 is 0 Å². The van der Waals surface area contributed by atoms with E-state index in [4.69, 9.17) is 0 Å². The van der Waals surface area contributed by atoms with Gasteiger partial charge in [-0.2, -0.15) is 0 Å². The van der Waals surface area contributed by atoms with Crippen molar-refractivity contribution in [3.05, 3.63) is 59.7 Å². The summed E-state index contributed by atoms with van der Waals surface area (Å²) in [5, 5.41) is 2.96. The molecule has 6 atom stereocenters. The number of hydrogen-bond acceptors (Lipinski definition) is 3. The highest BCUT2D eigenvalue weighted by Crippen LogP contribution is 2.60. The Labute approximate surface area is 197 Å². The Balaban J connectivity index is 1.48. The van der Waals surface area contributed by atoms with Gasteiger partial charge in [0.1, 0.15) is 0 Å². The van der Waals surface area contributed by atoms with Crippen LogP contribution >= 0.6 is 31.9 Å². The summed E-state index contributed by atoms with van der Waals surface area (Å²) in [6, 6.07) is 14.5. The van der Waals surface area contributed by atoms with Crippen LogP contribution in [-0.4, -0.2) is 27.4 Å². The van der Waals surface area contributed by atoms with Gasteiger partial charge in [0, 0.05) is 15.3 Å². The molecule has 1 heterocycles. The molecule has 0 unspecified atom stereocenters. The first kappa shape index (κ1) is 20.9. The Hall–Kier alpha value is -1.99. The van der Waals surface area contributed by atoms with Crippen LogP contribution in [0.3, 0.4) is 0 Å². The monoisotopic (exact) mass is 544 g/mol. The smallest absolute Gasteiger partial charge is 0.257 e. The van der Waals surface area contributed by atoms with Gasteiger partial charge in [0.25, 0.3) is 5.91 Å². The molecule has 0 radical (unpaired) electrons. The normalized spacial score (nSPS) is 31.3. The van der Waals surface area contributed by atoms with Crippen molar-refractivity contribution in [2.24, 2.45) is 23.7 Å². The summed E-state index contributed by atoms with van der Waals surface area (Å²) in [6.07, 6.45) is 1.66. The van der Waals surface area contributed by atoms with Crippen molar-refractivity contribution in [3.8, 4) is 0 Å². The van der Waals surface area contributed by atoms with E-state index in [1.54, 1.807) is 24.3 Å². The van der Waals surface area contributed by atoms with Gasteiger partial charge in [0.2, 0.25) is 11.8 Å². The number of amides is 3. The SMILES string of the molecule is CCc1ccccc1NC(=O)c1ccccc1N1C(=O)[C@@H]2[C@H]3C[C@@H]([C@@H](Br)[C@H]3Br)[C@H]2C1=O. The highest BCUT2D eigenvalue weighted by molar-refractivity contribution is 9.12. The number of halogens is 2. The number of anilines is 2. The Kier molecular flexibility index (Phi) is 5.29. The number of benzene rings is 2. The Morgan fingerprint density at radius 1 is 0.968 bits per heavy atom. The molecule has 160 valence electrons. The third-order valence-electron chi connectivity index (χ3n) is 7.02. The highest BCUT2D eigenvalue weighted by atomic mass is 79.9. The Morgan fingerprint density at radius 3 is 2.19 bits per heavy atom. The fourth-order valence-electron chi connectivity index (χ4n) is 5.59. The second-order valence-electron chi connectivity index (χ2n) is 8.50. The van der Waals surface area contributed by atoms with E-state index < -0.39 is 0 Å². The quantitative estimate of drug-likeness (QED) is 0.444. The topological polar surface area (TPSA) is 66.5 Å². The fraction of sp³-hybridized carbons (Fsp3) is 0.375. The lowest BCUT2D eigenvalue weighted by Gasteiger charge is -2.28. The number of fused-ring (bicyclic) bond motifs is 5. The van der Waals surface area contributed by atoms with Gasteiger partial charge in [-0.15, -0.1) is 0 Å². The van der Waals surface area contributed by atoms with Crippen molar-refractivity contribution in [1.82, 2.24) is 0 Å². The van der Waals surface area contributed by atoms with Crippen molar-refractivity contribution >= 4 is 61.0 Å². The van der Waals surface area contributed by atoms with E-state index in [1.165, 1.54) is 4.90 Å². The number of hydrogen-bond donors (Lipinski definition) is 1. The lowest BCUT2D eigenvalue weighted by molar-refractivity contribution is -0.123. The Morgan fingerprint density at radius 2 is 1.55 bits per heavy atom. The number of para-hydroxylation sites is 2. The number of nitrogens with zero attached hydrogens (tertiary/aromatic N) is 1. The van der Waals surface area contributed by atoms with Crippen LogP contribution < -0.4 is 10.2 Å². The molecule has 1 saturated heterocycles. The summed E-state index contributed by atoms with van der Waals surface area (Å²) < 4.78 is 0. The summed E-state index contributed by atoms with van der Waals surface area (Å²) in [7, 11) is 0. The largest absolute Gasteiger partial charge is 0.322 e. The molecule has 2 aliphatic carbocycles. The molecule has 5 nitrogen and oxygen atoms in total. The van der Waals surface area contributed by atoms with Crippen molar-refractivity contribution in [3.63, 3.8) is 0 Å². The van der Waals surface area contributed by atoms with Gasteiger partial charge in [-0.3, -0.25) is 14.4 Å². The molecule has 5 rings (SSSR count). The molecule has 2 saturated carbocycles. The molecule has 3 fully saturated rings. The maximum Gasteiger partial charge on any atom is 0.257 e. The van der Waals surface area contributed by atoms with Crippen LogP contribution in [0.1, 0.15) is 29.3 Å². The van der Waals surface area contributed by atoms with Gasteiger partial charge in [-0.25, -0.2) is 4.90 Å². The predicted molar refractivity (Wildman–Crippen MR) is 127 cm³/mol. The van der Waals surface area contributed by atoms with Gasteiger partial charge in [-0.1, -0.05) is 69.1 Å². The van der Waals surface area contributed by atoms with E-state index >= 15 is 0 Å². The summed E-state index contributed by atoms with van der Waals surface area (Å²) >= 11 is 7.43. The molecule has 2 aromatic carbocycles. The number of nitrogens with one attached hydrogen (secondary N) is 1. The highest BCUT2D eigenvalue weighted by Gasteiger charge is 2.66. The first-order valence-electron chi connectivity index (χ1n) is 10.6. The average molecular weight is 546 g/mol. The molecule has 2 bridgehead atoms. The molecular formula is C24H22Br2N2O3. The number of imide groups is 1. The number of alkyl halides is 2. The van der Waals surface area contributed by atoms with Crippen LogP contribution in [-0.2, 0) is 16.0 Å². The van der Waals surface area contributed by atoms with E-state index in [0.29, 0.717) is 11.3 Å². The fourth-order valence-corrected chi connectivity index (χ4v) is 7.46. The standard InChI is InChI=1S/C24H22Br2N2O3/c1-2-12-7-3-5-9-16(12)27-22(29)13-8-4-6-10-17(13)28-23(30)18-14-11-15(19(18)24(28)31)21(26)20(14)25/h3-10,14-15,18-21H,2,11H2,1H3,(H,27,29)/t14-,15-,18-,19-,20-,21+/m1/s1. The van der Waals surface area contributed by atoms with Gasteiger partial charge in [0.15, 0.2) is 0 Å². The average Bonchev–Trinajstić information content (AvgIpc) is 3.39. The summed E-state index contributed by atoms with van der Waals surface area (Å²) in [5.74, 6) is -1.04. The van der Waals surface area contributed by atoms with E-state index in [-0.39, 0.29) is 51.0 Å². The van der Waals surface area contributed by atoms with Crippen molar-refractivity contribution in [2.75, 3.05) is 10.2 Å². The molecule has 2 aromatic rings. The van der Waals surface area contributed by atoms with Crippen molar-refractivity contribution < 1.29 is 14.4 Å². The van der Waals surface area contributed by atoms with Crippen LogP contribution in [0.5, 0.6) is 0 Å². The third kappa shape index (κ3) is 3.11. The van der Waals surface area contributed by atoms with E-state index in [0.717, 1.165) is 24.1 Å². The zero-order valence-corrected chi connectivity index (χ0v) is 20.1. The van der Waals surface area contributed by atoms with Crippen molar-refractivity contribution in [2.45, 2.75) is 29.4 Å². The molecular weight excluding hydrogens is 524 g/mol. The second-order valence-corrected chi connectivity index (χ2v) is 10.6. The molecule has 0 aromatic heterocycles. The number of rotatable bonds is 4. The zero-order chi connectivity index (χ0) is 21.9. The summed E-state index contributed by atoms with van der Waals surface area (Å²) in [4.78, 5) is 41.6. The molecule has 7 heteroatoms. The van der Waals surface area contributed by atoms with Crippen LogP contribution in [0.4, 0.5) is 11.4 Å². The number of carbonyl (C=O) groups is 3. The minimum Gasteiger partial charge on any atom is -0.322 e. The lowest BCUT2D eigenvalue weighted by Crippen LogP contribution is -2.37. The molecule has 1 N–H and O–H groups in total. The van der Waals surface area contributed by atoms with E-state index in [2.05, 4.69) is 37.2 Å². The number of aryl methyl sites for hydroxylation is 1. The first-order chi connectivity index (χ1) is 14.9. The maximum absolute atomic E-state index is 13.4. The third-order valence-corrected chi connectivity index (χ3v) is 10.2. The first-order valence-corrected chi connectivity index (χ1v) is 12.4. The summed E-state index contributed by atoms with van der Waals surface area (Å²) in [6.45, 7) is 2.03. The zero-order valence-electron chi connectivity index (χ0n) is 16.9. The summed E-state index contributed by atoms with van der Waals surface area (Å²) in [5.41, 5.74) is 2.46. The van der Waals surface area contributed by atoms with Crippen LogP contribution in [0, 0.1) is 23.7 Å². The molecule has 3 amide bonds. The molecule has 31 heavy (non-hydrogen) atoms. The molecule has 3 aliphatic rings. The number of carbonyl (C=O) groups excluding carboxylic acids is 3. The molecule has 0 spiro atoms. The second kappa shape index (κ2) is 7.85. The van der Waals surface area contributed by atoms with Crippen LogP contribution in [0.25, 0.3) is 0 Å². The van der Waals surface area contributed by atoms with E-state index in [1.807, 2.05) is 31.2 Å². The van der Waals surface area contributed by atoms with Gasteiger partial charge in [-0.05, 0) is 48.4 Å². The van der Waals surface area contributed by atoms with Crippen molar-refractivity contribution in [1.29, 1.82) is 0 Å². The van der Waals surface area contributed by atoms with Gasteiger partial charge in [0.05, 0.1) is 23.1 Å². The maximum atomic E-state index is 13.4. The Bertz CT molecular complexity index is 1060. The lowest BCUT2D eigenvalue weighted by atomic mass is 9.81.